The summed E-state index contributed by atoms with van der Waals surface area (Å²) in [6, 6.07) is 9.24. The van der Waals surface area contributed by atoms with E-state index in [4.69, 9.17) is 0 Å². The van der Waals surface area contributed by atoms with Gasteiger partial charge in [0.15, 0.2) is 0 Å². The molecule has 0 aliphatic heterocycles. The summed E-state index contributed by atoms with van der Waals surface area (Å²) in [7, 11) is 0. The van der Waals surface area contributed by atoms with Crippen molar-refractivity contribution < 1.29 is 0 Å². The van der Waals surface area contributed by atoms with Crippen molar-refractivity contribution in [3.8, 4) is 12.1 Å². The van der Waals surface area contributed by atoms with Crippen LogP contribution in [0.15, 0.2) is 22.9 Å². The second-order valence-electron chi connectivity index (χ2n) is 7.36. The van der Waals surface area contributed by atoms with Crippen LogP contribution < -0.4 is 3.58 Å². The van der Waals surface area contributed by atoms with Gasteiger partial charge in [0.25, 0.3) is 0 Å². The monoisotopic (exact) mass is 506 g/mol. The molecule has 5 heteroatoms. The standard InChI is InChI=1S/C9H10NS.C5H2NS.2C4H9.Sn/c1-2-3-4-8-5-6-11-9(8)7-10;6-4-5-2-1-3-7-5;2*1-3-4-2;/h5-6H,1-4H2;1,3H;2*1,3-4H2,2H3;. The van der Waals surface area contributed by atoms with E-state index in [1.54, 1.807) is 22.7 Å². The minimum absolute atomic E-state index is 0.881. The third-order valence-corrected chi connectivity index (χ3v) is 23.4. The first-order valence-electron chi connectivity index (χ1n) is 10.1. The first-order chi connectivity index (χ1) is 13.2. The molecule has 0 saturated carbocycles. The van der Waals surface area contributed by atoms with Gasteiger partial charge in [-0.1, -0.05) is 0 Å². The van der Waals surface area contributed by atoms with E-state index in [2.05, 4.69) is 43.5 Å². The van der Waals surface area contributed by atoms with E-state index in [0.29, 0.717) is 0 Å². The Morgan fingerprint density at radius 3 is 2.04 bits per heavy atom. The first-order valence-corrected chi connectivity index (χ1v) is 19.4. The minimum atomic E-state index is -2.56. The summed E-state index contributed by atoms with van der Waals surface area (Å²) in [6.45, 7) is 4.57. The maximum atomic E-state index is 9.64. The van der Waals surface area contributed by atoms with Gasteiger partial charge in [0.1, 0.15) is 0 Å². The number of thiophene rings is 2. The van der Waals surface area contributed by atoms with Gasteiger partial charge in [-0.15, -0.1) is 0 Å². The molecule has 0 bridgehead atoms. The van der Waals surface area contributed by atoms with E-state index < -0.39 is 18.4 Å². The number of hydrogen-bond acceptors (Lipinski definition) is 4. The molecule has 0 saturated heterocycles. The van der Waals surface area contributed by atoms with Crippen molar-refractivity contribution >= 4 is 44.6 Å². The summed E-state index contributed by atoms with van der Waals surface area (Å²) in [5, 5.41) is 23.0. The Morgan fingerprint density at radius 1 is 0.815 bits per heavy atom. The predicted octanol–water partition coefficient (Wildman–Crippen LogP) is 6.83. The quantitative estimate of drug-likeness (QED) is 0.235. The van der Waals surface area contributed by atoms with Gasteiger partial charge in [-0.05, 0) is 0 Å². The van der Waals surface area contributed by atoms with E-state index in [1.807, 2.05) is 5.38 Å². The van der Waals surface area contributed by atoms with Crippen molar-refractivity contribution in [2.45, 2.75) is 72.1 Å². The Bertz CT molecular complexity index is 771. The van der Waals surface area contributed by atoms with Crippen molar-refractivity contribution in [3.63, 3.8) is 0 Å². The molecule has 0 aliphatic carbocycles. The van der Waals surface area contributed by atoms with Gasteiger partial charge >= 0.3 is 178 Å². The molecule has 0 fully saturated rings. The molecule has 0 atom stereocenters. The second kappa shape index (κ2) is 11.9. The fraction of sp³-hybridized carbons (Fsp3) is 0.545. The first kappa shape index (κ1) is 22.5. The summed E-state index contributed by atoms with van der Waals surface area (Å²) in [4.78, 5) is 1.88. The SMILES string of the molecule is CCC[CH2][Sn]([CH2]CCC)([CH2]CCCc1ccsc1C#N)[c]1ccsc1C#N. The molecule has 2 nitrogen and oxygen atoms in total. The Labute approximate surface area is 176 Å². The molecule has 0 radical (unpaired) electrons. The van der Waals surface area contributed by atoms with Gasteiger partial charge in [0, 0.05) is 0 Å². The summed E-state index contributed by atoms with van der Waals surface area (Å²) >= 11 is 0.637. The Hall–Kier alpha value is -0.821. The van der Waals surface area contributed by atoms with Gasteiger partial charge in [-0.3, -0.25) is 0 Å². The van der Waals surface area contributed by atoms with Crippen LogP contribution in [0, 0.1) is 22.7 Å². The molecule has 0 aromatic carbocycles. The number of hydrogen-bond donors (Lipinski definition) is 0. The molecule has 2 aromatic heterocycles. The molecule has 2 rings (SSSR count). The zero-order valence-electron chi connectivity index (χ0n) is 16.6. The molecular weight excluding hydrogens is 475 g/mol. The Balaban J connectivity index is 2.13. The van der Waals surface area contributed by atoms with Crippen molar-refractivity contribution in [3.05, 3.63) is 38.2 Å². The third-order valence-electron chi connectivity index (χ3n) is 5.56. The molecule has 0 amide bonds. The molecule has 2 aromatic rings. The van der Waals surface area contributed by atoms with Crippen LogP contribution in [0.25, 0.3) is 0 Å². The summed E-state index contributed by atoms with van der Waals surface area (Å²) < 4.78 is 5.63. The van der Waals surface area contributed by atoms with Crippen LogP contribution in [0.2, 0.25) is 13.3 Å². The van der Waals surface area contributed by atoms with Crippen LogP contribution in [0.1, 0.15) is 67.7 Å². The number of nitriles is 2. The molecule has 2 heterocycles. The van der Waals surface area contributed by atoms with Crippen molar-refractivity contribution in [2.75, 3.05) is 0 Å². The zero-order chi connectivity index (χ0) is 19.5. The Kier molecular flexibility index (Phi) is 9.90. The van der Waals surface area contributed by atoms with Crippen LogP contribution in [0.4, 0.5) is 0 Å². The molecule has 0 unspecified atom stereocenters. The average Bonchev–Trinajstić information content (AvgIpc) is 3.36. The van der Waals surface area contributed by atoms with Crippen LogP contribution >= 0.6 is 22.7 Å². The topological polar surface area (TPSA) is 47.6 Å². The number of unbranched alkanes of at least 4 members (excludes halogenated alkanes) is 3. The van der Waals surface area contributed by atoms with Gasteiger partial charge in [-0.25, -0.2) is 0 Å². The fourth-order valence-electron chi connectivity index (χ4n) is 4.03. The van der Waals surface area contributed by atoms with Crippen LogP contribution in [-0.2, 0) is 6.42 Å². The van der Waals surface area contributed by atoms with Crippen LogP contribution in [0.5, 0.6) is 0 Å². The third kappa shape index (κ3) is 6.08. The number of aryl methyl sites for hydroxylation is 1. The molecule has 0 spiro atoms. The molecule has 27 heavy (non-hydrogen) atoms. The Morgan fingerprint density at radius 2 is 1.41 bits per heavy atom. The van der Waals surface area contributed by atoms with E-state index in [9.17, 15) is 10.5 Å². The van der Waals surface area contributed by atoms with Crippen molar-refractivity contribution in [2.24, 2.45) is 0 Å². The number of rotatable bonds is 12. The van der Waals surface area contributed by atoms with E-state index in [0.717, 1.165) is 22.6 Å². The molecule has 144 valence electrons. The predicted molar refractivity (Wildman–Crippen MR) is 121 cm³/mol. The summed E-state index contributed by atoms with van der Waals surface area (Å²) in [5.41, 5.74) is 1.22. The van der Waals surface area contributed by atoms with Crippen molar-refractivity contribution in [1.82, 2.24) is 0 Å². The summed E-state index contributed by atoms with van der Waals surface area (Å²) in [5.74, 6) is 0. The van der Waals surface area contributed by atoms with E-state index in [1.165, 1.54) is 54.6 Å². The molecule has 0 aliphatic rings. The van der Waals surface area contributed by atoms with Crippen LogP contribution in [0.3, 0.4) is 0 Å². The molecular formula is C22H30N2S2Sn. The van der Waals surface area contributed by atoms with Gasteiger partial charge in [0.2, 0.25) is 0 Å². The van der Waals surface area contributed by atoms with Crippen molar-refractivity contribution in [1.29, 1.82) is 10.5 Å². The zero-order valence-corrected chi connectivity index (χ0v) is 21.1. The van der Waals surface area contributed by atoms with E-state index >= 15 is 0 Å². The fourth-order valence-corrected chi connectivity index (χ4v) is 23.4. The second-order valence-corrected chi connectivity index (χ2v) is 22.3. The summed E-state index contributed by atoms with van der Waals surface area (Å²) in [6.07, 6.45) is 8.53. The van der Waals surface area contributed by atoms with Gasteiger partial charge < -0.3 is 0 Å². The number of nitrogens with zero attached hydrogens (tertiary/aromatic N) is 2. The van der Waals surface area contributed by atoms with Crippen LogP contribution in [-0.4, -0.2) is 18.4 Å². The average molecular weight is 505 g/mol. The maximum absolute atomic E-state index is 9.64. The van der Waals surface area contributed by atoms with Gasteiger partial charge in [0.05, 0.1) is 0 Å². The normalized spacial score (nSPS) is 11.3. The van der Waals surface area contributed by atoms with E-state index in [-0.39, 0.29) is 0 Å². The van der Waals surface area contributed by atoms with Gasteiger partial charge in [-0.2, -0.15) is 0 Å². The molecule has 0 N–H and O–H groups in total.